The summed E-state index contributed by atoms with van der Waals surface area (Å²) in [6.45, 7) is 3.78. The van der Waals surface area contributed by atoms with Crippen LogP contribution in [-0.4, -0.2) is 15.0 Å². The number of fused-ring (bicyclic) bond motifs is 1. The van der Waals surface area contributed by atoms with E-state index in [1.807, 2.05) is 24.4 Å². The van der Waals surface area contributed by atoms with E-state index in [0.717, 1.165) is 34.4 Å². The van der Waals surface area contributed by atoms with Crippen LogP contribution in [0.5, 0.6) is 0 Å². The van der Waals surface area contributed by atoms with Crippen molar-refractivity contribution in [1.29, 1.82) is 0 Å². The van der Waals surface area contributed by atoms with Crippen LogP contribution in [0.25, 0.3) is 33.9 Å². The van der Waals surface area contributed by atoms with Crippen LogP contribution in [0.15, 0.2) is 49.2 Å². The monoisotopic (exact) mass is 301 g/mol. The molecule has 0 atom stereocenters. The third kappa shape index (κ3) is 2.70. The number of rotatable bonds is 3. The maximum atomic E-state index is 4.59. The number of pyridine rings is 2. The lowest BCUT2D eigenvalue weighted by molar-refractivity contribution is 0.740. The molecule has 1 aliphatic rings. The van der Waals surface area contributed by atoms with Crippen LogP contribution in [0.4, 0.5) is 0 Å². The highest BCUT2D eigenvalue weighted by Crippen LogP contribution is 2.29. The van der Waals surface area contributed by atoms with Crippen molar-refractivity contribution >= 4 is 22.7 Å². The summed E-state index contributed by atoms with van der Waals surface area (Å²) >= 11 is 0. The molecule has 23 heavy (non-hydrogen) atoms. The maximum absolute atomic E-state index is 4.59. The summed E-state index contributed by atoms with van der Waals surface area (Å²) in [6, 6.07) is 10.3. The largest absolute Gasteiger partial charge is 0.340 e. The fraction of sp³-hybridized carbons (Fsp3) is 0.200. The molecular weight excluding hydrogens is 282 g/mol. The molecule has 3 heterocycles. The highest BCUT2D eigenvalue weighted by molar-refractivity contribution is 5.85. The van der Waals surface area contributed by atoms with Crippen molar-refractivity contribution in [2.45, 2.75) is 25.7 Å². The van der Waals surface area contributed by atoms with Crippen LogP contribution < -0.4 is 0 Å². The standard InChI is InChI=1S/C20H19N3/c1-2-17-9-6-10-18(22-17)16-11-15-12-19(23-20(15)21-13-16)14-7-4-3-5-8-14/h2,6-7,9-13H,1,3-5,8H2,(H,21,23). The Balaban J connectivity index is 1.75. The third-order valence-electron chi connectivity index (χ3n) is 4.38. The molecule has 0 saturated carbocycles. The van der Waals surface area contributed by atoms with Gasteiger partial charge >= 0.3 is 0 Å². The Morgan fingerprint density at radius 3 is 2.96 bits per heavy atom. The Morgan fingerprint density at radius 1 is 1.17 bits per heavy atom. The number of nitrogens with one attached hydrogen (secondary N) is 1. The van der Waals surface area contributed by atoms with Crippen molar-refractivity contribution in [3.8, 4) is 11.3 Å². The van der Waals surface area contributed by atoms with Gasteiger partial charge < -0.3 is 4.98 Å². The Morgan fingerprint density at radius 2 is 2.13 bits per heavy atom. The molecule has 1 aliphatic carbocycles. The number of aromatic nitrogens is 3. The molecule has 114 valence electrons. The number of aromatic amines is 1. The van der Waals surface area contributed by atoms with Gasteiger partial charge in [-0.2, -0.15) is 0 Å². The first-order valence-electron chi connectivity index (χ1n) is 8.11. The SMILES string of the molecule is C=Cc1cccc(-c2cnc3[nH]c(C4=CCCCC4)cc3c2)n1. The lowest BCUT2D eigenvalue weighted by atomic mass is 9.97. The van der Waals surface area contributed by atoms with Crippen LogP contribution in [0.2, 0.25) is 0 Å². The van der Waals surface area contributed by atoms with E-state index in [9.17, 15) is 0 Å². The smallest absolute Gasteiger partial charge is 0.137 e. The second kappa shape index (κ2) is 5.84. The minimum Gasteiger partial charge on any atom is -0.340 e. The fourth-order valence-electron chi connectivity index (χ4n) is 3.14. The molecule has 0 amide bonds. The van der Waals surface area contributed by atoms with Gasteiger partial charge in [-0.3, -0.25) is 0 Å². The number of hydrogen-bond donors (Lipinski definition) is 1. The summed E-state index contributed by atoms with van der Waals surface area (Å²) in [4.78, 5) is 12.6. The zero-order valence-corrected chi connectivity index (χ0v) is 13.0. The number of hydrogen-bond acceptors (Lipinski definition) is 2. The molecule has 3 heteroatoms. The average Bonchev–Trinajstić information content (AvgIpc) is 3.06. The first-order valence-corrected chi connectivity index (χ1v) is 8.11. The quantitative estimate of drug-likeness (QED) is 0.720. The van der Waals surface area contributed by atoms with E-state index in [1.165, 1.54) is 30.5 Å². The van der Waals surface area contributed by atoms with Gasteiger partial charge in [0.25, 0.3) is 0 Å². The Kier molecular flexibility index (Phi) is 3.54. The van der Waals surface area contributed by atoms with Crippen molar-refractivity contribution in [3.63, 3.8) is 0 Å². The van der Waals surface area contributed by atoms with E-state index in [4.69, 9.17) is 0 Å². The Hall–Kier alpha value is -2.68. The van der Waals surface area contributed by atoms with E-state index < -0.39 is 0 Å². The number of H-pyrrole nitrogens is 1. The van der Waals surface area contributed by atoms with Gasteiger partial charge in [0.1, 0.15) is 5.65 Å². The predicted molar refractivity (Wildman–Crippen MR) is 95.9 cm³/mol. The lowest BCUT2D eigenvalue weighted by Gasteiger charge is -2.10. The second-order valence-electron chi connectivity index (χ2n) is 5.97. The predicted octanol–water partition coefficient (Wildman–Crippen LogP) is 5.23. The number of allylic oxidation sites excluding steroid dienone is 2. The molecule has 0 unspecified atom stereocenters. The molecule has 3 aromatic rings. The second-order valence-corrected chi connectivity index (χ2v) is 5.97. The van der Waals surface area contributed by atoms with Gasteiger partial charge in [-0.25, -0.2) is 9.97 Å². The summed E-state index contributed by atoms with van der Waals surface area (Å²) in [6.07, 6.45) is 10.9. The molecule has 3 aromatic heterocycles. The molecule has 0 aromatic carbocycles. The van der Waals surface area contributed by atoms with E-state index in [2.05, 4.69) is 39.7 Å². The summed E-state index contributed by atoms with van der Waals surface area (Å²) in [5, 5.41) is 1.13. The highest BCUT2D eigenvalue weighted by Gasteiger charge is 2.11. The van der Waals surface area contributed by atoms with Crippen LogP contribution in [0.1, 0.15) is 37.1 Å². The normalized spacial score (nSPS) is 14.7. The summed E-state index contributed by atoms with van der Waals surface area (Å²) in [5.74, 6) is 0. The van der Waals surface area contributed by atoms with E-state index >= 15 is 0 Å². The van der Waals surface area contributed by atoms with Crippen molar-refractivity contribution in [2.24, 2.45) is 0 Å². The number of nitrogens with zero attached hydrogens (tertiary/aromatic N) is 2. The Labute approximate surface area is 135 Å². The fourth-order valence-corrected chi connectivity index (χ4v) is 3.14. The van der Waals surface area contributed by atoms with Gasteiger partial charge in [-0.1, -0.05) is 18.7 Å². The lowest BCUT2D eigenvalue weighted by Crippen LogP contribution is -1.91. The average molecular weight is 301 g/mol. The van der Waals surface area contributed by atoms with Crippen LogP contribution in [-0.2, 0) is 0 Å². The zero-order valence-electron chi connectivity index (χ0n) is 13.0. The van der Waals surface area contributed by atoms with Crippen molar-refractivity contribution in [2.75, 3.05) is 0 Å². The van der Waals surface area contributed by atoms with Gasteiger partial charge in [-0.15, -0.1) is 0 Å². The molecule has 0 aliphatic heterocycles. The minimum atomic E-state index is 0.879. The molecule has 3 nitrogen and oxygen atoms in total. The summed E-state index contributed by atoms with van der Waals surface area (Å²) < 4.78 is 0. The molecular formula is C20H19N3. The van der Waals surface area contributed by atoms with Crippen molar-refractivity contribution < 1.29 is 0 Å². The molecule has 0 bridgehead atoms. The first kappa shape index (κ1) is 13.9. The molecule has 4 rings (SSSR count). The Bertz CT molecular complexity index is 902. The van der Waals surface area contributed by atoms with Crippen LogP contribution >= 0.6 is 0 Å². The molecule has 0 saturated heterocycles. The molecule has 0 radical (unpaired) electrons. The van der Waals surface area contributed by atoms with E-state index in [1.54, 1.807) is 6.08 Å². The van der Waals surface area contributed by atoms with Gasteiger partial charge in [0.05, 0.1) is 11.4 Å². The molecule has 0 fully saturated rings. The van der Waals surface area contributed by atoms with Crippen LogP contribution in [0, 0.1) is 0 Å². The van der Waals surface area contributed by atoms with Crippen molar-refractivity contribution in [3.05, 3.63) is 60.6 Å². The van der Waals surface area contributed by atoms with Gasteiger partial charge in [-0.05, 0) is 61.6 Å². The zero-order chi connectivity index (χ0) is 15.6. The third-order valence-corrected chi connectivity index (χ3v) is 4.38. The van der Waals surface area contributed by atoms with E-state index in [0.29, 0.717) is 0 Å². The summed E-state index contributed by atoms with van der Waals surface area (Å²) in [5.41, 5.74) is 6.40. The molecule has 1 N–H and O–H groups in total. The first-order chi connectivity index (χ1) is 11.3. The van der Waals surface area contributed by atoms with Gasteiger partial charge in [0.2, 0.25) is 0 Å². The van der Waals surface area contributed by atoms with Crippen molar-refractivity contribution in [1.82, 2.24) is 15.0 Å². The molecule has 0 spiro atoms. The minimum absolute atomic E-state index is 0.879. The highest BCUT2D eigenvalue weighted by atomic mass is 14.9. The van der Waals surface area contributed by atoms with E-state index in [-0.39, 0.29) is 0 Å². The van der Waals surface area contributed by atoms with Gasteiger partial charge in [0, 0.05) is 22.8 Å². The topological polar surface area (TPSA) is 41.6 Å². The van der Waals surface area contributed by atoms with Gasteiger partial charge in [0.15, 0.2) is 0 Å². The summed E-state index contributed by atoms with van der Waals surface area (Å²) in [7, 11) is 0. The van der Waals surface area contributed by atoms with Crippen LogP contribution in [0.3, 0.4) is 0 Å². The maximum Gasteiger partial charge on any atom is 0.137 e.